The van der Waals surface area contributed by atoms with E-state index in [1.54, 1.807) is 12.1 Å². The lowest BCUT2D eigenvalue weighted by Crippen LogP contribution is -2.12. The number of rotatable bonds is 3. The van der Waals surface area contributed by atoms with Gasteiger partial charge in [0.2, 0.25) is 0 Å². The summed E-state index contributed by atoms with van der Waals surface area (Å²) in [6.45, 7) is 0. The summed E-state index contributed by atoms with van der Waals surface area (Å²) in [5.74, 6) is 0.0109. The largest absolute Gasteiger partial charge is 0.496 e. The third-order valence-electron chi connectivity index (χ3n) is 2.57. The molecule has 0 unspecified atom stereocenters. The smallest absolute Gasteiger partial charge is 0.252 e. The third-order valence-corrected chi connectivity index (χ3v) is 2.57. The quantitative estimate of drug-likeness (QED) is 0.875. The zero-order chi connectivity index (χ0) is 12.3. The van der Waals surface area contributed by atoms with Crippen molar-refractivity contribution in [3.8, 4) is 16.9 Å². The van der Waals surface area contributed by atoms with Gasteiger partial charge in [0.15, 0.2) is 0 Å². The lowest BCUT2D eigenvalue weighted by Gasteiger charge is -2.08. The lowest BCUT2D eigenvalue weighted by atomic mass is 10.0. The Bertz CT molecular complexity index is 535. The van der Waals surface area contributed by atoms with Gasteiger partial charge in [-0.15, -0.1) is 0 Å². The molecule has 0 bridgehead atoms. The molecule has 0 aliphatic heterocycles. The number of ether oxygens (including phenoxy) is 1. The van der Waals surface area contributed by atoms with Gasteiger partial charge in [0.05, 0.1) is 12.7 Å². The summed E-state index contributed by atoms with van der Waals surface area (Å²) in [4.78, 5) is 11.3. The highest BCUT2D eigenvalue weighted by molar-refractivity contribution is 5.97. The Labute approximate surface area is 99.8 Å². The first-order chi connectivity index (χ1) is 8.22. The second-order valence-electron chi connectivity index (χ2n) is 3.65. The Kier molecular flexibility index (Phi) is 3.10. The molecular weight excluding hydrogens is 214 g/mol. The van der Waals surface area contributed by atoms with Crippen LogP contribution in [0.1, 0.15) is 10.4 Å². The Balaban J connectivity index is 2.51. The maximum atomic E-state index is 11.3. The van der Waals surface area contributed by atoms with E-state index in [1.165, 1.54) is 7.11 Å². The predicted molar refractivity (Wildman–Crippen MR) is 66.9 cm³/mol. The Morgan fingerprint density at radius 3 is 2.35 bits per heavy atom. The van der Waals surface area contributed by atoms with Gasteiger partial charge in [0.25, 0.3) is 5.91 Å². The van der Waals surface area contributed by atoms with Crippen LogP contribution in [0.15, 0.2) is 48.5 Å². The molecule has 3 heteroatoms. The van der Waals surface area contributed by atoms with Gasteiger partial charge in [0, 0.05) is 0 Å². The molecule has 17 heavy (non-hydrogen) atoms. The monoisotopic (exact) mass is 227 g/mol. The molecule has 0 heterocycles. The molecule has 0 aliphatic rings. The van der Waals surface area contributed by atoms with E-state index in [-0.39, 0.29) is 0 Å². The molecule has 0 fully saturated rings. The Hall–Kier alpha value is -2.29. The summed E-state index contributed by atoms with van der Waals surface area (Å²) in [6, 6.07) is 15.2. The van der Waals surface area contributed by atoms with E-state index in [0.29, 0.717) is 11.3 Å². The van der Waals surface area contributed by atoms with E-state index in [9.17, 15) is 4.79 Å². The zero-order valence-corrected chi connectivity index (χ0v) is 9.51. The molecule has 86 valence electrons. The number of methoxy groups -OCH3 is 1. The number of carbonyl (C=O) groups excluding carboxylic acids is 1. The minimum Gasteiger partial charge on any atom is -0.496 e. The van der Waals surface area contributed by atoms with Gasteiger partial charge in [-0.05, 0) is 23.3 Å². The van der Waals surface area contributed by atoms with Crippen LogP contribution in [0.3, 0.4) is 0 Å². The van der Waals surface area contributed by atoms with Crippen LogP contribution in [0.25, 0.3) is 11.1 Å². The van der Waals surface area contributed by atoms with Gasteiger partial charge in [-0.25, -0.2) is 0 Å². The number of primary amides is 1. The summed E-state index contributed by atoms with van der Waals surface area (Å²) in [5.41, 5.74) is 7.70. The first kappa shape index (κ1) is 11.2. The van der Waals surface area contributed by atoms with E-state index in [0.717, 1.165) is 11.1 Å². The standard InChI is InChI=1S/C14H13NO2/c1-17-13-8-7-11(9-12(13)14(15)16)10-5-3-2-4-6-10/h2-9H,1H3,(H2,15,16). The fourth-order valence-corrected chi connectivity index (χ4v) is 1.71. The second kappa shape index (κ2) is 4.70. The van der Waals surface area contributed by atoms with Gasteiger partial charge in [0.1, 0.15) is 5.75 Å². The summed E-state index contributed by atoms with van der Waals surface area (Å²) in [7, 11) is 1.52. The van der Waals surface area contributed by atoms with Crippen LogP contribution >= 0.6 is 0 Å². The fourth-order valence-electron chi connectivity index (χ4n) is 1.71. The summed E-state index contributed by atoms with van der Waals surface area (Å²) in [5, 5.41) is 0. The summed E-state index contributed by atoms with van der Waals surface area (Å²) in [6.07, 6.45) is 0. The van der Waals surface area contributed by atoms with Crippen molar-refractivity contribution in [2.45, 2.75) is 0 Å². The summed E-state index contributed by atoms with van der Waals surface area (Å²) >= 11 is 0. The molecule has 0 atom stereocenters. The van der Waals surface area contributed by atoms with Crippen LogP contribution in [0.4, 0.5) is 0 Å². The van der Waals surface area contributed by atoms with E-state index < -0.39 is 5.91 Å². The average molecular weight is 227 g/mol. The molecular formula is C14H13NO2. The topological polar surface area (TPSA) is 52.3 Å². The molecule has 1 amide bonds. The van der Waals surface area contributed by atoms with Crippen LogP contribution in [-0.2, 0) is 0 Å². The van der Waals surface area contributed by atoms with Crippen molar-refractivity contribution in [2.75, 3.05) is 7.11 Å². The van der Waals surface area contributed by atoms with Crippen LogP contribution in [0.2, 0.25) is 0 Å². The molecule has 0 spiro atoms. The van der Waals surface area contributed by atoms with Crippen LogP contribution in [0.5, 0.6) is 5.75 Å². The van der Waals surface area contributed by atoms with E-state index in [4.69, 9.17) is 10.5 Å². The lowest BCUT2D eigenvalue weighted by molar-refractivity contribution is 0.0997. The zero-order valence-electron chi connectivity index (χ0n) is 9.51. The van der Waals surface area contributed by atoms with Crippen molar-refractivity contribution in [3.05, 3.63) is 54.1 Å². The first-order valence-electron chi connectivity index (χ1n) is 5.25. The van der Waals surface area contributed by atoms with E-state index >= 15 is 0 Å². The molecule has 0 radical (unpaired) electrons. The van der Waals surface area contributed by atoms with Gasteiger partial charge in [-0.2, -0.15) is 0 Å². The molecule has 2 N–H and O–H groups in total. The highest BCUT2D eigenvalue weighted by Gasteiger charge is 2.10. The van der Waals surface area contributed by atoms with Crippen molar-refractivity contribution in [3.63, 3.8) is 0 Å². The van der Waals surface area contributed by atoms with Crippen molar-refractivity contribution in [1.82, 2.24) is 0 Å². The molecule has 0 saturated carbocycles. The minimum atomic E-state index is -0.486. The maximum absolute atomic E-state index is 11.3. The van der Waals surface area contributed by atoms with Crippen molar-refractivity contribution >= 4 is 5.91 Å². The Morgan fingerprint density at radius 2 is 1.76 bits per heavy atom. The van der Waals surface area contributed by atoms with Crippen LogP contribution < -0.4 is 10.5 Å². The minimum absolute atomic E-state index is 0.397. The molecule has 3 nitrogen and oxygen atoms in total. The predicted octanol–water partition coefficient (Wildman–Crippen LogP) is 2.46. The van der Waals surface area contributed by atoms with Crippen LogP contribution in [-0.4, -0.2) is 13.0 Å². The highest BCUT2D eigenvalue weighted by Crippen LogP contribution is 2.26. The normalized spacial score (nSPS) is 9.94. The fraction of sp³-hybridized carbons (Fsp3) is 0.0714. The molecule has 2 aromatic rings. The second-order valence-corrected chi connectivity index (χ2v) is 3.65. The molecule has 2 aromatic carbocycles. The number of hydrogen-bond acceptors (Lipinski definition) is 2. The molecule has 2 rings (SSSR count). The van der Waals surface area contributed by atoms with Gasteiger partial charge >= 0.3 is 0 Å². The third kappa shape index (κ3) is 2.28. The van der Waals surface area contributed by atoms with E-state index in [1.807, 2.05) is 36.4 Å². The number of benzene rings is 2. The Morgan fingerprint density at radius 1 is 1.06 bits per heavy atom. The number of nitrogens with two attached hydrogens (primary N) is 1. The number of amides is 1. The molecule has 0 aromatic heterocycles. The van der Waals surface area contributed by atoms with Gasteiger partial charge in [-0.1, -0.05) is 36.4 Å². The van der Waals surface area contributed by atoms with Crippen molar-refractivity contribution < 1.29 is 9.53 Å². The molecule has 0 aliphatic carbocycles. The first-order valence-corrected chi connectivity index (χ1v) is 5.25. The SMILES string of the molecule is COc1ccc(-c2ccccc2)cc1C(N)=O. The number of hydrogen-bond donors (Lipinski definition) is 1. The van der Waals surface area contributed by atoms with E-state index in [2.05, 4.69) is 0 Å². The van der Waals surface area contributed by atoms with Gasteiger partial charge in [-0.3, -0.25) is 4.79 Å². The van der Waals surface area contributed by atoms with Crippen molar-refractivity contribution in [2.24, 2.45) is 5.73 Å². The summed E-state index contributed by atoms with van der Waals surface area (Å²) < 4.78 is 5.10. The number of carbonyl (C=O) groups is 1. The van der Waals surface area contributed by atoms with Crippen LogP contribution in [0, 0.1) is 0 Å². The van der Waals surface area contributed by atoms with Gasteiger partial charge < -0.3 is 10.5 Å². The highest BCUT2D eigenvalue weighted by atomic mass is 16.5. The molecule has 0 saturated heterocycles. The van der Waals surface area contributed by atoms with Crippen molar-refractivity contribution in [1.29, 1.82) is 0 Å². The maximum Gasteiger partial charge on any atom is 0.252 e. The average Bonchev–Trinajstić information content (AvgIpc) is 2.39.